The third-order valence-corrected chi connectivity index (χ3v) is 3.21. The van der Waals surface area contributed by atoms with Gasteiger partial charge in [-0.15, -0.1) is 5.10 Å². The largest absolute Gasteiger partial charge is 0.390 e. The smallest absolute Gasteiger partial charge is 0.123 e. The van der Waals surface area contributed by atoms with Crippen LogP contribution in [0.3, 0.4) is 0 Å². The lowest BCUT2D eigenvalue weighted by Gasteiger charge is -2.06. The van der Waals surface area contributed by atoms with E-state index in [1.807, 2.05) is 4.68 Å². The molecule has 5 heteroatoms. The van der Waals surface area contributed by atoms with Gasteiger partial charge in [-0.2, -0.15) is 0 Å². The molecule has 3 rings (SSSR count). The van der Waals surface area contributed by atoms with Crippen LogP contribution in [0, 0.1) is 5.82 Å². The first-order valence-corrected chi connectivity index (χ1v) is 6.05. The summed E-state index contributed by atoms with van der Waals surface area (Å²) in [5.41, 5.74) is 2.68. The van der Waals surface area contributed by atoms with Gasteiger partial charge in [0.1, 0.15) is 11.5 Å². The summed E-state index contributed by atoms with van der Waals surface area (Å²) in [6.45, 7) is 0.494. The molecule has 1 aromatic carbocycles. The molecule has 1 aromatic heterocycles. The number of halogens is 1. The Morgan fingerprint density at radius 1 is 1.28 bits per heavy atom. The molecule has 1 aliphatic carbocycles. The summed E-state index contributed by atoms with van der Waals surface area (Å²) >= 11 is 0. The second-order valence-corrected chi connectivity index (χ2v) is 4.64. The van der Waals surface area contributed by atoms with E-state index in [0.29, 0.717) is 18.2 Å². The van der Waals surface area contributed by atoms with Gasteiger partial charge < -0.3 is 5.11 Å². The molecule has 1 N–H and O–H groups in total. The van der Waals surface area contributed by atoms with Crippen LogP contribution in [0.15, 0.2) is 24.3 Å². The Kier molecular flexibility index (Phi) is 2.83. The Morgan fingerprint density at radius 2 is 2.00 bits per heavy atom. The van der Waals surface area contributed by atoms with E-state index in [1.165, 1.54) is 12.1 Å². The van der Waals surface area contributed by atoms with Crippen molar-refractivity contribution in [3.8, 4) is 0 Å². The van der Waals surface area contributed by atoms with Crippen molar-refractivity contribution in [3.05, 3.63) is 47.0 Å². The molecule has 0 amide bonds. The van der Waals surface area contributed by atoms with Crippen LogP contribution >= 0.6 is 0 Å². The molecule has 1 heterocycles. The van der Waals surface area contributed by atoms with E-state index in [-0.39, 0.29) is 12.4 Å². The lowest BCUT2D eigenvalue weighted by molar-refractivity contribution is 0.275. The summed E-state index contributed by atoms with van der Waals surface area (Å²) in [7, 11) is 0. The highest BCUT2D eigenvalue weighted by molar-refractivity contribution is 5.22. The first-order chi connectivity index (χ1) is 8.78. The van der Waals surface area contributed by atoms with Gasteiger partial charge in [0.2, 0.25) is 0 Å². The minimum Gasteiger partial charge on any atom is -0.390 e. The van der Waals surface area contributed by atoms with Gasteiger partial charge in [-0.3, -0.25) is 0 Å². The van der Waals surface area contributed by atoms with Gasteiger partial charge in [-0.05, 0) is 30.5 Å². The molecular weight excluding hydrogens is 233 g/mol. The molecule has 1 aliphatic rings. The minimum atomic E-state index is -0.240. The Labute approximate surface area is 104 Å². The standard InChI is InChI=1S/C13H14FN3O/c14-11-5-1-9(2-6-11)7-17-13(10-3-4-10)12(8-18)15-16-17/h1-2,5-6,10,18H,3-4,7-8H2. The van der Waals surface area contributed by atoms with Gasteiger partial charge in [0.15, 0.2) is 0 Å². The molecule has 0 spiro atoms. The van der Waals surface area contributed by atoms with E-state index in [1.54, 1.807) is 12.1 Å². The van der Waals surface area contributed by atoms with Crippen molar-refractivity contribution in [1.82, 2.24) is 15.0 Å². The monoisotopic (exact) mass is 247 g/mol. The molecule has 0 saturated heterocycles. The van der Waals surface area contributed by atoms with Crippen molar-refractivity contribution >= 4 is 0 Å². The van der Waals surface area contributed by atoms with Crippen molar-refractivity contribution in [2.24, 2.45) is 0 Å². The number of hydrogen-bond donors (Lipinski definition) is 1. The highest BCUT2D eigenvalue weighted by Gasteiger charge is 2.30. The fourth-order valence-electron chi connectivity index (χ4n) is 2.15. The van der Waals surface area contributed by atoms with Crippen LogP contribution in [-0.4, -0.2) is 20.1 Å². The maximum absolute atomic E-state index is 12.8. The number of hydrogen-bond acceptors (Lipinski definition) is 3. The number of aromatic nitrogens is 3. The minimum absolute atomic E-state index is 0.0742. The van der Waals surface area contributed by atoms with E-state index in [2.05, 4.69) is 10.3 Å². The van der Waals surface area contributed by atoms with Crippen molar-refractivity contribution in [2.75, 3.05) is 0 Å². The van der Waals surface area contributed by atoms with Crippen molar-refractivity contribution in [2.45, 2.75) is 31.9 Å². The van der Waals surface area contributed by atoms with E-state index < -0.39 is 0 Å². The number of nitrogens with zero attached hydrogens (tertiary/aromatic N) is 3. The molecule has 0 aliphatic heterocycles. The number of aliphatic hydroxyl groups is 1. The topological polar surface area (TPSA) is 50.9 Å². The zero-order valence-corrected chi connectivity index (χ0v) is 9.88. The zero-order valence-electron chi connectivity index (χ0n) is 9.88. The molecule has 94 valence electrons. The highest BCUT2D eigenvalue weighted by atomic mass is 19.1. The second-order valence-electron chi connectivity index (χ2n) is 4.64. The van der Waals surface area contributed by atoms with E-state index in [0.717, 1.165) is 24.1 Å². The third kappa shape index (κ3) is 2.13. The molecule has 1 saturated carbocycles. The Balaban J connectivity index is 1.88. The van der Waals surface area contributed by atoms with E-state index in [9.17, 15) is 9.50 Å². The summed E-state index contributed by atoms with van der Waals surface area (Å²) in [4.78, 5) is 0. The van der Waals surface area contributed by atoms with Gasteiger partial charge in [0, 0.05) is 5.92 Å². The van der Waals surface area contributed by atoms with Gasteiger partial charge >= 0.3 is 0 Å². The predicted molar refractivity (Wildman–Crippen MR) is 63.4 cm³/mol. The normalized spacial score (nSPS) is 15.0. The average molecular weight is 247 g/mol. The predicted octanol–water partition coefficient (Wildman–Crippen LogP) is 1.84. The van der Waals surface area contributed by atoms with Crippen molar-refractivity contribution in [3.63, 3.8) is 0 Å². The Bertz CT molecular complexity index is 546. The highest BCUT2D eigenvalue weighted by Crippen LogP contribution is 2.41. The Morgan fingerprint density at radius 3 is 2.61 bits per heavy atom. The van der Waals surface area contributed by atoms with Crippen LogP contribution in [0.2, 0.25) is 0 Å². The van der Waals surface area contributed by atoms with Crippen LogP contribution in [0.5, 0.6) is 0 Å². The molecular formula is C13H14FN3O. The lowest BCUT2D eigenvalue weighted by Crippen LogP contribution is -2.06. The van der Waals surface area contributed by atoms with Gasteiger partial charge in [0.25, 0.3) is 0 Å². The molecule has 0 bridgehead atoms. The van der Waals surface area contributed by atoms with Crippen LogP contribution < -0.4 is 0 Å². The summed E-state index contributed by atoms with van der Waals surface area (Å²) in [5, 5.41) is 17.3. The van der Waals surface area contributed by atoms with Crippen LogP contribution in [0.4, 0.5) is 4.39 Å². The number of aliphatic hydroxyl groups excluding tert-OH is 1. The van der Waals surface area contributed by atoms with E-state index >= 15 is 0 Å². The maximum atomic E-state index is 12.8. The quantitative estimate of drug-likeness (QED) is 0.896. The van der Waals surface area contributed by atoms with Crippen molar-refractivity contribution < 1.29 is 9.50 Å². The SMILES string of the molecule is OCc1nnn(Cc2ccc(F)cc2)c1C1CC1. The zero-order chi connectivity index (χ0) is 12.5. The fourth-order valence-corrected chi connectivity index (χ4v) is 2.15. The molecule has 1 fully saturated rings. The molecule has 2 aromatic rings. The van der Waals surface area contributed by atoms with Crippen molar-refractivity contribution in [1.29, 1.82) is 0 Å². The van der Waals surface area contributed by atoms with Gasteiger partial charge in [-0.1, -0.05) is 17.3 Å². The lowest BCUT2D eigenvalue weighted by atomic mass is 10.2. The molecule has 4 nitrogen and oxygen atoms in total. The van der Waals surface area contributed by atoms with Crippen LogP contribution in [-0.2, 0) is 13.2 Å². The van der Waals surface area contributed by atoms with E-state index in [4.69, 9.17) is 0 Å². The first kappa shape index (κ1) is 11.3. The summed E-state index contributed by atoms with van der Waals surface area (Å²) in [6.07, 6.45) is 2.26. The third-order valence-electron chi connectivity index (χ3n) is 3.21. The summed E-state index contributed by atoms with van der Waals surface area (Å²) in [6, 6.07) is 6.37. The molecule has 0 radical (unpaired) electrons. The fraction of sp³-hybridized carbons (Fsp3) is 0.385. The van der Waals surface area contributed by atoms with Gasteiger partial charge in [0.05, 0.1) is 18.8 Å². The second kappa shape index (κ2) is 4.49. The molecule has 0 atom stereocenters. The maximum Gasteiger partial charge on any atom is 0.123 e. The number of rotatable bonds is 4. The number of benzene rings is 1. The Hall–Kier alpha value is -1.75. The molecule has 0 unspecified atom stereocenters. The first-order valence-electron chi connectivity index (χ1n) is 6.05. The van der Waals surface area contributed by atoms with Crippen LogP contribution in [0.25, 0.3) is 0 Å². The summed E-state index contributed by atoms with van der Waals surface area (Å²) < 4.78 is 14.6. The molecule has 18 heavy (non-hydrogen) atoms. The average Bonchev–Trinajstić information content (AvgIpc) is 3.14. The van der Waals surface area contributed by atoms with Crippen LogP contribution in [0.1, 0.15) is 35.7 Å². The van der Waals surface area contributed by atoms with Gasteiger partial charge in [-0.25, -0.2) is 9.07 Å². The summed E-state index contributed by atoms with van der Waals surface area (Å²) in [5.74, 6) is 0.235.